The Bertz CT molecular complexity index is 620. The third-order valence-electron chi connectivity index (χ3n) is 2.59. The number of hydrogen-bond donors (Lipinski definition) is 0. The van der Waals surface area contributed by atoms with Gasteiger partial charge in [-0.25, -0.2) is 17.6 Å². The summed E-state index contributed by atoms with van der Waals surface area (Å²) in [7, 11) is 0. The van der Waals surface area contributed by atoms with Crippen molar-refractivity contribution < 1.29 is 22.4 Å². The second kappa shape index (κ2) is 5.22. The van der Waals surface area contributed by atoms with Gasteiger partial charge in [0.15, 0.2) is 17.4 Å². The molecule has 0 N–H and O–H groups in total. The average molecular weight is 268 g/mol. The van der Waals surface area contributed by atoms with Crippen molar-refractivity contribution in [2.75, 3.05) is 0 Å². The van der Waals surface area contributed by atoms with Crippen LogP contribution in [-0.4, -0.2) is 5.78 Å². The molecule has 0 aliphatic heterocycles. The number of benzene rings is 2. The second-order valence-corrected chi connectivity index (χ2v) is 3.97. The lowest BCUT2D eigenvalue weighted by atomic mass is 10.0. The minimum Gasteiger partial charge on any atom is -0.294 e. The van der Waals surface area contributed by atoms with Gasteiger partial charge in [-0.3, -0.25) is 4.79 Å². The van der Waals surface area contributed by atoms with Gasteiger partial charge < -0.3 is 0 Å². The van der Waals surface area contributed by atoms with Crippen LogP contribution in [0.3, 0.4) is 0 Å². The first-order valence-electron chi connectivity index (χ1n) is 5.39. The second-order valence-electron chi connectivity index (χ2n) is 3.97. The zero-order valence-corrected chi connectivity index (χ0v) is 9.59. The SMILES string of the molecule is O=C(Cc1ccc(F)cc1)c1cc(F)c(F)cc1F. The van der Waals surface area contributed by atoms with Crippen molar-refractivity contribution in [3.63, 3.8) is 0 Å². The molecule has 0 aromatic heterocycles. The van der Waals surface area contributed by atoms with Gasteiger partial charge in [-0.15, -0.1) is 0 Å². The molecular formula is C14H8F4O. The first-order valence-corrected chi connectivity index (χ1v) is 5.39. The van der Waals surface area contributed by atoms with E-state index in [1.165, 1.54) is 12.1 Å². The molecule has 0 saturated heterocycles. The topological polar surface area (TPSA) is 17.1 Å². The number of hydrogen-bond acceptors (Lipinski definition) is 1. The lowest BCUT2D eigenvalue weighted by Crippen LogP contribution is -2.08. The van der Waals surface area contributed by atoms with E-state index in [1.54, 1.807) is 0 Å². The van der Waals surface area contributed by atoms with E-state index in [-0.39, 0.29) is 6.42 Å². The van der Waals surface area contributed by atoms with Gasteiger partial charge in [-0.1, -0.05) is 12.1 Å². The van der Waals surface area contributed by atoms with E-state index >= 15 is 0 Å². The molecule has 1 nitrogen and oxygen atoms in total. The van der Waals surface area contributed by atoms with Gasteiger partial charge in [0.2, 0.25) is 0 Å². The van der Waals surface area contributed by atoms with Crippen molar-refractivity contribution in [1.29, 1.82) is 0 Å². The fraction of sp³-hybridized carbons (Fsp3) is 0.0714. The van der Waals surface area contributed by atoms with Crippen LogP contribution >= 0.6 is 0 Å². The standard InChI is InChI=1S/C14H8F4O/c15-9-3-1-8(2-4-9)5-14(19)10-6-12(17)13(18)7-11(10)16/h1-4,6-7H,5H2. The van der Waals surface area contributed by atoms with Crippen LogP contribution in [0.15, 0.2) is 36.4 Å². The highest BCUT2D eigenvalue weighted by molar-refractivity contribution is 5.97. The third kappa shape index (κ3) is 2.99. The molecule has 0 radical (unpaired) electrons. The summed E-state index contributed by atoms with van der Waals surface area (Å²) in [4.78, 5) is 11.8. The largest absolute Gasteiger partial charge is 0.294 e. The van der Waals surface area contributed by atoms with Crippen molar-refractivity contribution >= 4 is 5.78 Å². The molecule has 0 atom stereocenters. The zero-order chi connectivity index (χ0) is 14.0. The van der Waals surface area contributed by atoms with Crippen molar-refractivity contribution in [2.24, 2.45) is 0 Å². The van der Waals surface area contributed by atoms with Crippen LogP contribution in [0.25, 0.3) is 0 Å². The summed E-state index contributed by atoms with van der Waals surface area (Å²) in [5.41, 5.74) is -0.0706. The van der Waals surface area contributed by atoms with E-state index in [4.69, 9.17) is 0 Å². The van der Waals surface area contributed by atoms with E-state index in [2.05, 4.69) is 0 Å². The number of ketones is 1. The lowest BCUT2D eigenvalue weighted by Gasteiger charge is -2.04. The highest BCUT2D eigenvalue weighted by Crippen LogP contribution is 2.16. The zero-order valence-electron chi connectivity index (χ0n) is 9.59. The van der Waals surface area contributed by atoms with Gasteiger partial charge in [-0.05, 0) is 23.8 Å². The molecule has 0 bridgehead atoms. The van der Waals surface area contributed by atoms with Crippen LogP contribution in [0.2, 0.25) is 0 Å². The molecule has 5 heteroatoms. The number of rotatable bonds is 3. The number of carbonyl (C=O) groups is 1. The maximum Gasteiger partial charge on any atom is 0.170 e. The quantitative estimate of drug-likeness (QED) is 0.471. The van der Waals surface area contributed by atoms with Crippen LogP contribution in [-0.2, 0) is 6.42 Å². The Balaban J connectivity index is 2.25. The fourth-order valence-corrected chi connectivity index (χ4v) is 1.62. The summed E-state index contributed by atoms with van der Waals surface area (Å²) in [6, 6.07) is 5.90. The molecule has 2 aromatic carbocycles. The molecule has 0 aliphatic rings. The van der Waals surface area contributed by atoms with Crippen LogP contribution in [0.5, 0.6) is 0 Å². The van der Waals surface area contributed by atoms with E-state index < -0.39 is 34.6 Å². The highest BCUT2D eigenvalue weighted by Gasteiger charge is 2.16. The molecule has 0 amide bonds. The summed E-state index contributed by atoms with van der Waals surface area (Å²) in [6.07, 6.45) is -0.220. The molecule has 2 rings (SSSR count). The molecule has 98 valence electrons. The summed E-state index contributed by atoms with van der Waals surface area (Å²) in [6.45, 7) is 0. The molecule has 0 spiro atoms. The first-order chi connectivity index (χ1) is 8.97. The Morgan fingerprint density at radius 1 is 0.842 bits per heavy atom. The van der Waals surface area contributed by atoms with Crippen LogP contribution < -0.4 is 0 Å². The predicted octanol–water partition coefficient (Wildman–Crippen LogP) is 3.67. The molecule has 0 heterocycles. The number of halogens is 4. The summed E-state index contributed by atoms with van der Waals surface area (Å²) in [5.74, 6) is -4.93. The summed E-state index contributed by atoms with van der Waals surface area (Å²) < 4.78 is 51.7. The van der Waals surface area contributed by atoms with Gasteiger partial charge in [0, 0.05) is 12.5 Å². The van der Waals surface area contributed by atoms with E-state index in [1.807, 2.05) is 0 Å². The monoisotopic (exact) mass is 268 g/mol. The third-order valence-corrected chi connectivity index (χ3v) is 2.59. The Morgan fingerprint density at radius 3 is 2.05 bits per heavy atom. The van der Waals surface area contributed by atoms with Crippen LogP contribution in [0.1, 0.15) is 15.9 Å². The van der Waals surface area contributed by atoms with Crippen molar-refractivity contribution in [3.8, 4) is 0 Å². The van der Waals surface area contributed by atoms with E-state index in [0.29, 0.717) is 17.7 Å². The number of Topliss-reactive ketones (excluding diaryl/α,β-unsaturated/α-hetero) is 1. The van der Waals surface area contributed by atoms with E-state index in [9.17, 15) is 22.4 Å². The Morgan fingerprint density at radius 2 is 1.42 bits per heavy atom. The van der Waals surface area contributed by atoms with Crippen molar-refractivity contribution in [3.05, 3.63) is 70.8 Å². The Kier molecular flexibility index (Phi) is 3.64. The molecule has 0 unspecified atom stereocenters. The molecule has 0 saturated carbocycles. The molecule has 0 fully saturated rings. The van der Waals surface area contributed by atoms with Gasteiger partial charge in [0.05, 0.1) is 5.56 Å². The molecule has 0 aliphatic carbocycles. The van der Waals surface area contributed by atoms with Gasteiger partial charge >= 0.3 is 0 Å². The van der Waals surface area contributed by atoms with Crippen molar-refractivity contribution in [2.45, 2.75) is 6.42 Å². The molecular weight excluding hydrogens is 260 g/mol. The fourth-order valence-electron chi connectivity index (χ4n) is 1.62. The van der Waals surface area contributed by atoms with Gasteiger partial charge in [0.1, 0.15) is 11.6 Å². The number of carbonyl (C=O) groups excluding carboxylic acids is 1. The minimum atomic E-state index is -1.35. The maximum absolute atomic E-state index is 13.4. The minimum absolute atomic E-state index is 0.220. The average Bonchev–Trinajstić information content (AvgIpc) is 2.36. The van der Waals surface area contributed by atoms with Crippen LogP contribution in [0.4, 0.5) is 17.6 Å². The summed E-state index contributed by atoms with van der Waals surface area (Å²) >= 11 is 0. The first kappa shape index (κ1) is 13.3. The maximum atomic E-state index is 13.4. The Hall–Kier alpha value is -2.17. The van der Waals surface area contributed by atoms with Crippen LogP contribution in [0, 0.1) is 23.3 Å². The normalized spacial score (nSPS) is 10.5. The molecule has 19 heavy (non-hydrogen) atoms. The van der Waals surface area contributed by atoms with Gasteiger partial charge in [-0.2, -0.15) is 0 Å². The Labute approximate surface area is 106 Å². The lowest BCUT2D eigenvalue weighted by molar-refractivity contribution is 0.0988. The van der Waals surface area contributed by atoms with Crippen molar-refractivity contribution in [1.82, 2.24) is 0 Å². The van der Waals surface area contributed by atoms with E-state index in [0.717, 1.165) is 12.1 Å². The predicted molar refractivity (Wildman–Crippen MR) is 60.8 cm³/mol. The summed E-state index contributed by atoms with van der Waals surface area (Å²) in [5, 5.41) is 0. The van der Waals surface area contributed by atoms with Gasteiger partial charge in [0.25, 0.3) is 0 Å². The smallest absolute Gasteiger partial charge is 0.170 e. The highest BCUT2D eigenvalue weighted by atomic mass is 19.2. The molecule has 2 aromatic rings.